The maximum atomic E-state index is 11.8. The van der Waals surface area contributed by atoms with Crippen LogP contribution in [0.3, 0.4) is 0 Å². The number of aryl methyl sites for hydroxylation is 1. The van der Waals surface area contributed by atoms with E-state index in [1.807, 2.05) is 31.2 Å². The third-order valence-corrected chi connectivity index (χ3v) is 4.84. The summed E-state index contributed by atoms with van der Waals surface area (Å²) in [4.78, 5) is 22.9. The SMILES string of the molecule is CNC(=O)NC(=O)[C@H](C)Sc1nnc(Nc2ccc(C)cc2)s1. The molecular weight excluding hydrogens is 334 g/mol. The number of anilines is 2. The van der Waals surface area contributed by atoms with Crippen LogP contribution in [0.2, 0.25) is 0 Å². The van der Waals surface area contributed by atoms with Crippen LogP contribution in [-0.4, -0.2) is 34.4 Å². The number of thioether (sulfide) groups is 1. The number of benzene rings is 1. The van der Waals surface area contributed by atoms with Gasteiger partial charge in [0.1, 0.15) is 0 Å². The van der Waals surface area contributed by atoms with Crippen LogP contribution in [0.4, 0.5) is 15.6 Å². The molecule has 0 aliphatic carbocycles. The second kappa shape index (κ2) is 7.93. The van der Waals surface area contributed by atoms with E-state index in [0.29, 0.717) is 9.47 Å². The Balaban J connectivity index is 1.92. The monoisotopic (exact) mass is 351 g/mol. The van der Waals surface area contributed by atoms with Crippen LogP contribution in [0, 0.1) is 6.92 Å². The van der Waals surface area contributed by atoms with Gasteiger partial charge < -0.3 is 10.6 Å². The van der Waals surface area contributed by atoms with Crippen molar-refractivity contribution in [3.63, 3.8) is 0 Å². The summed E-state index contributed by atoms with van der Waals surface area (Å²) in [6.45, 7) is 3.73. The average Bonchev–Trinajstić information content (AvgIpc) is 2.96. The summed E-state index contributed by atoms with van der Waals surface area (Å²) in [7, 11) is 1.45. The lowest BCUT2D eigenvalue weighted by Crippen LogP contribution is -2.41. The van der Waals surface area contributed by atoms with E-state index in [-0.39, 0.29) is 5.91 Å². The van der Waals surface area contributed by atoms with Gasteiger partial charge in [-0.3, -0.25) is 10.1 Å². The van der Waals surface area contributed by atoms with E-state index in [4.69, 9.17) is 0 Å². The van der Waals surface area contributed by atoms with Gasteiger partial charge in [-0.1, -0.05) is 40.8 Å². The highest BCUT2D eigenvalue weighted by atomic mass is 32.2. The van der Waals surface area contributed by atoms with Gasteiger partial charge >= 0.3 is 6.03 Å². The zero-order valence-corrected chi connectivity index (χ0v) is 14.5. The Kier molecular flexibility index (Phi) is 5.94. The predicted molar refractivity (Wildman–Crippen MR) is 92.3 cm³/mol. The lowest BCUT2D eigenvalue weighted by atomic mass is 10.2. The molecule has 0 aliphatic heterocycles. The number of imide groups is 1. The number of nitrogens with one attached hydrogen (secondary N) is 3. The van der Waals surface area contributed by atoms with Crippen molar-refractivity contribution < 1.29 is 9.59 Å². The van der Waals surface area contributed by atoms with Crippen molar-refractivity contribution in [3.8, 4) is 0 Å². The van der Waals surface area contributed by atoms with Crippen LogP contribution in [0.5, 0.6) is 0 Å². The van der Waals surface area contributed by atoms with E-state index in [1.165, 1.54) is 35.7 Å². The molecule has 0 bridgehead atoms. The molecule has 0 saturated heterocycles. The zero-order chi connectivity index (χ0) is 16.8. The van der Waals surface area contributed by atoms with Crippen molar-refractivity contribution in [1.82, 2.24) is 20.8 Å². The largest absolute Gasteiger partial charge is 0.341 e. The quantitative estimate of drug-likeness (QED) is 0.717. The van der Waals surface area contributed by atoms with Crippen LogP contribution in [0.25, 0.3) is 0 Å². The van der Waals surface area contributed by atoms with Gasteiger partial charge in [0.15, 0.2) is 4.34 Å². The second-order valence-corrected chi connectivity index (χ2v) is 7.26. The highest BCUT2D eigenvalue weighted by Crippen LogP contribution is 2.30. The molecule has 1 aromatic heterocycles. The van der Waals surface area contributed by atoms with Gasteiger partial charge in [-0.25, -0.2) is 4.79 Å². The number of rotatable bonds is 5. The Bertz CT molecular complexity index is 687. The number of aromatic nitrogens is 2. The molecular formula is C14H17N5O2S2. The molecule has 0 radical (unpaired) electrons. The first-order chi connectivity index (χ1) is 11.0. The van der Waals surface area contributed by atoms with Gasteiger partial charge in [0, 0.05) is 12.7 Å². The summed E-state index contributed by atoms with van der Waals surface area (Å²) >= 11 is 2.60. The molecule has 7 nitrogen and oxygen atoms in total. The van der Waals surface area contributed by atoms with E-state index in [9.17, 15) is 9.59 Å². The van der Waals surface area contributed by atoms with Crippen LogP contribution < -0.4 is 16.0 Å². The molecule has 3 N–H and O–H groups in total. The number of amides is 3. The van der Waals surface area contributed by atoms with Gasteiger partial charge in [0.05, 0.1) is 5.25 Å². The molecule has 1 atom stereocenters. The smallest absolute Gasteiger partial charge is 0.321 e. The molecule has 1 aromatic carbocycles. The topological polar surface area (TPSA) is 96.0 Å². The Labute approximate surface area is 142 Å². The first-order valence-electron chi connectivity index (χ1n) is 6.84. The van der Waals surface area contributed by atoms with Crippen molar-refractivity contribution in [1.29, 1.82) is 0 Å². The summed E-state index contributed by atoms with van der Waals surface area (Å²) < 4.78 is 0.652. The van der Waals surface area contributed by atoms with E-state index in [1.54, 1.807) is 6.92 Å². The Morgan fingerprint density at radius 2 is 1.91 bits per heavy atom. The van der Waals surface area contributed by atoms with Crippen molar-refractivity contribution in [2.24, 2.45) is 0 Å². The van der Waals surface area contributed by atoms with Gasteiger partial charge in [0.2, 0.25) is 11.0 Å². The minimum Gasteiger partial charge on any atom is -0.341 e. The van der Waals surface area contributed by atoms with E-state index >= 15 is 0 Å². The fraction of sp³-hybridized carbons (Fsp3) is 0.286. The number of hydrogen-bond donors (Lipinski definition) is 3. The normalized spacial score (nSPS) is 11.6. The molecule has 0 aliphatic rings. The molecule has 0 spiro atoms. The summed E-state index contributed by atoms with van der Waals surface area (Å²) in [5, 5.41) is 16.0. The zero-order valence-electron chi connectivity index (χ0n) is 12.9. The number of carbonyl (C=O) groups is 2. The first-order valence-corrected chi connectivity index (χ1v) is 8.54. The number of urea groups is 1. The fourth-order valence-electron chi connectivity index (χ4n) is 1.55. The molecule has 9 heteroatoms. The number of nitrogens with zero attached hydrogens (tertiary/aromatic N) is 2. The second-order valence-electron chi connectivity index (χ2n) is 4.69. The molecule has 0 saturated carbocycles. The number of hydrogen-bond acceptors (Lipinski definition) is 7. The maximum absolute atomic E-state index is 11.8. The highest BCUT2D eigenvalue weighted by molar-refractivity contribution is 8.02. The summed E-state index contributed by atoms with van der Waals surface area (Å²) in [6, 6.07) is 7.40. The van der Waals surface area contributed by atoms with Gasteiger partial charge in [-0.2, -0.15) is 0 Å². The van der Waals surface area contributed by atoms with Gasteiger partial charge in [-0.05, 0) is 26.0 Å². The minimum atomic E-state index is -0.526. The lowest BCUT2D eigenvalue weighted by molar-refractivity contribution is -0.119. The maximum Gasteiger partial charge on any atom is 0.321 e. The molecule has 122 valence electrons. The average molecular weight is 351 g/mol. The van der Waals surface area contributed by atoms with E-state index in [2.05, 4.69) is 26.1 Å². The fourth-order valence-corrected chi connectivity index (χ4v) is 3.47. The molecule has 0 fully saturated rings. The van der Waals surface area contributed by atoms with Crippen molar-refractivity contribution in [2.75, 3.05) is 12.4 Å². The van der Waals surface area contributed by atoms with Crippen molar-refractivity contribution in [2.45, 2.75) is 23.4 Å². The molecule has 0 unspecified atom stereocenters. The van der Waals surface area contributed by atoms with Gasteiger partial charge in [0.25, 0.3) is 0 Å². The predicted octanol–water partition coefficient (Wildman–Crippen LogP) is 2.53. The van der Waals surface area contributed by atoms with Crippen LogP contribution >= 0.6 is 23.1 Å². The van der Waals surface area contributed by atoms with Gasteiger partial charge in [-0.15, -0.1) is 10.2 Å². The Morgan fingerprint density at radius 1 is 1.22 bits per heavy atom. The first kappa shape index (κ1) is 17.2. The highest BCUT2D eigenvalue weighted by Gasteiger charge is 2.18. The van der Waals surface area contributed by atoms with Crippen molar-refractivity contribution in [3.05, 3.63) is 29.8 Å². The summed E-state index contributed by atoms with van der Waals surface area (Å²) in [5.41, 5.74) is 2.11. The molecule has 23 heavy (non-hydrogen) atoms. The minimum absolute atomic E-state index is 0.377. The standard InChI is InChI=1S/C14H17N5O2S2/c1-8-4-6-10(7-5-8)16-13-18-19-14(23-13)22-9(2)11(20)17-12(21)15-3/h4-7,9H,1-3H3,(H,16,18)(H2,15,17,20,21)/t9-/m0/s1. The summed E-state index contributed by atoms with van der Waals surface area (Å²) in [5.74, 6) is -0.377. The molecule has 3 amide bonds. The number of carbonyl (C=O) groups excluding carboxylic acids is 2. The van der Waals surface area contributed by atoms with Crippen LogP contribution in [0.15, 0.2) is 28.6 Å². The Hall–Kier alpha value is -2.13. The summed E-state index contributed by atoms with van der Waals surface area (Å²) in [6.07, 6.45) is 0. The Morgan fingerprint density at radius 3 is 2.57 bits per heavy atom. The molecule has 2 rings (SSSR count). The van der Waals surface area contributed by atoms with Crippen molar-refractivity contribution >= 4 is 45.9 Å². The van der Waals surface area contributed by atoms with E-state index in [0.717, 1.165) is 5.69 Å². The molecule has 1 heterocycles. The third-order valence-electron chi connectivity index (χ3n) is 2.82. The van der Waals surface area contributed by atoms with Crippen LogP contribution in [0.1, 0.15) is 12.5 Å². The van der Waals surface area contributed by atoms with E-state index < -0.39 is 11.3 Å². The third kappa shape index (κ3) is 5.22. The van der Waals surface area contributed by atoms with Crippen LogP contribution in [-0.2, 0) is 4.79 Å². The molecule has 2 aromatic rings. The lowest BCUT2D eigenvalue weighted by Gasteiger charge is -2.08.